The number of carbonyl (C=O) groups is 1. The zero-order valence-corrected chi connectivity index (χ0v) is 11.1. The van der Waals surface area contributed by atoms with Gasteiger partial charge in [-0.2, -0.15) is 0 Å². The molecule has 2 rings (SSSR count). The molecule has 16 heavy (non-hydrogen) atoms. The Morgan fingerprint density at radius 2 is 2.12 bits per heavy atom. The summed E-state index contributed by atoms with van der Waals surface area (Å²) in [5, 5.41) is 0.977. The van der Waals surface area contributed by atoms with Crippen LogP contribution in [0.5, 0.6) is 5.75 Å². The van der Waals surface area contributed by atoms with E-state index in [2.05, 4.69) is 20.7 Å². The number of carbonyl (C=O) groups excluding carboxylic acids is 1. The van der Waals surface area contributed by atoms with Crippen LogP contribution in [0.1, 0.15) is 9.67 Å². The Bertz CT molecular complexity index is 547. The van der Waals surface area contributed by atoms with Gasteiger partial charge in [0.1, 0.15) is 4.88 Å². The number of hydrogen-bond acceptors (Lipinski definition) is 4. The Hall–Kier alpha value is -1.07. The largest absolute Gasteiger partial charge is 0.494 e. The van der Waals surface area contributed by atoms with Crippen molar-refractivity contribution in [3.8, 4) is 5.75 Å². The maximum absolute atomic E-state index is 11.4. The third-order valence-corrected chi connectivity index (χ3v) is 3.94. The van der Waals surface area contributed by atoms with Crippen LogP contribution in [0.2, 0.25) is 0 Å². The van der Waals surface area contributed by atoms with Gasteiger partial charge in [-0.3, -0.25) is 0 Å². The summed E-state index contributed by atoms with van der Waals surface area (Å²) in [5.74, 6) is 0.428. The number of methoxy groups -OCH3 is 2. The second-order valence-electron chi connectivity index (χ2n) is 3.10. The first-order valence-corrected chi connectivity index (χ1v) is 6.12. The van der Waals surface area contributed by atoms with Crippen LogP contribution < -0.4 is 4.74 Å². The predicted octanol–water partition coefficient (Wildman–Crippen LogP) is 3.46. The van der Waals surface area contributed by atoms with E-state index in [-0.39, 0.29) is 5.97 Å². The monoisotopic (exact) mass is 300 g/mol. The maximum atomic E-state index is 11.4. The highest BCUT2D eigenvalue weighted by molar-refractivity contribution is 9.10. The predicted molar refractivity (Wildman–Crippen MR) is 67.4 cm³/mol. The fourth-order valence-electron chi connectivity index (χ4n) is 1.44. The minimum atomic E-state index is -0.320. The van der Waals surface area contributed by atoms with E-state index in [1.807, 2.05) is 12.1 Å². The van der Waals surface area contributed by atoms with Gasteiger partial charge in [0.15, 0.2) is 5.75 Å². The Labute approximate surface area is 105 Å². The van der Waals surface area contributed by atoms with Gasteiger partial charge in [-0.1, -0.05) is 6.07 Å². The smallest absolute Gasteiger partial charge is 0.348 e. The molecule has 0 unspecified atom stereocenters. The number of benzene rings is 1. The Morgan fingerprint density at radius 3 is 2.75 bits per heavy atom. The number of thiophene rings is 1. The molecule has 5 heteroatoms. The number of esters is 1. The zero-order chi connectivity index (χ0) is 11.7. The highest BCUT2D eigenvalue weighted by Gasteiger charge is 2.14. The molecule has 0 radical (unpaired) electrons. The van der Waals surface area contributed by atoms with Gasteiger partial charge in [0, 0.05) is 0 Å². The average Bonchev–Trinajstić information content (AvgIpc) is 2.71. The van der Waals surface area contributed by atoms with Crippen molar-refractivity contribution in [2.45, 2.75) is 0 Å². The van der Waals surface area contributed by atoms with E-state index < -0.39 is 0 Å². The normalized spacial score (nSPS) is 10.4. The van der Waals surface area contributed by atoms with Crippen LogP contribution in [-0.4, -0.2) is 20.2 Å². The summed E-state index contributed by atoms with van der Waals surface area (Å²) in [6.45, 7) is 0. The van der Waals surface area contributed by atoms with Gasteiger partial charge in [-0.05, 0) is 33.4 Å². The summed E-state index contributed by atoms with van der Waals surface area (Å²) in [5.41, 5.74) is 0. The quantitative estimate of drug-likeness (QED) is 0.797. The second-order valence-corrected chi connectivity index (χ2v) is 5.01. The van der Waals surface area contributed by atoms with Crippen LogP contribution in [-0.2, 0) is 4.74 Å². The van der Waals surface area contributed by atoms with E-state index in [9.17, 15) is 4.79 Å². The van der Waals surface area contributed by atoms with Crippen molar-refractivity contribution in [2.24, 2.45) is 0 Å². The van der Waals surface area contributed by atoms with Crippen molar-refractivity contribution >= 4 is 43.3 Å². The van der Waals surface area contributed by atoms with E-state index in [1.54, 1.807) is 13.2 Å². The van der Waals surface area contributed by atoms with Crippen LogP contribution >= 0.6 is 27.3 Å². The first-order chi connectivity index (χ1) is 7.67. The lowest BCUT2D eigenvalue weighted by Crippen LogP contribution is -1.96. The van der Waals surface area contributed by atoms with Gasteiger partial charge in [0.25, 0.3) is 0 Å². The third-order valence-electron chi connectivity index (χ3n) is 2.18. The molecule has 0 aliphatic carbocycles. The second kappa shape index (κ2) is 4.43. The zero-order valence-electron chi connectivity index (χ0n) is 8.74. The lowest BCUT2D eigenvalue weighted by Gasteiger charge is -2.03. The molecular formula is C11H9BrO3S. The molecule has 2 aromatic rings. The molecule has 84 valence electrons. The topological polar surface area (TPSA) is 35.5 Å². The van der Waals surface area contributed by atoms with Crippen molar-refractivity contribution in [3.63, 3.8) is 0 Å². The van der Waals surface area contributed by atoms with Crippen LogP contribution in [0.4, 0.5) is 0 Å². The van der Waals surface area contributed by atoms with Gasteiger partial charge < -0.3 is 9.47 Å². The fourth-order valence-corrected chi connectivity index (χ4v) is 3.17. The van der Waals surface area contributed by atoms with Gasteiger partial charge in [0.05, 0.1) is 23.4 Å². The third kappa shape index (κ3) is 1.81. The molecule has 0 saturated carbocycles. The molecule has 0 bridgehead atoms. The average molecular weight is 301 g/mol. The molecule has 0 fully saturated rings. The SMILES string of the molecule is COC(=O)c1cc2ccc(Br)c(OC)c2s1. The van der Waals surface area contributed by atoms with Crippen molar-refractivity contribution in [1.82, 2.24) is 0 Å². The summed E-state index contributed by atoms with van der Waals surface area (Å²) >= 11 is 4.77. The van der Waals surface area contributed by atoms with E-state index in [4.69, 9.17) is 4.74 Å². The summed E-state index contributed by atoms with van der Waals surface area (Å²) in [4.78, 5) is 12.0. The Balaban J connectivity index is 2.65. The summed E-state index contributed by atoms with van der Waals surface area (Å²) in [6, 6.07) is 5.64. The van der Waals surface area contributed by atoms with E-state index in [0.29, 0.717) is 4.88 Å². The highest BCUT2D eigenvalue weighted by Crippen LogP contribution is 2.38. The first kappa shape index (κ1) is 11.4. The number of hydrogen-bond donors (Lipinski definition) is 0. The van der Waals surface area contributed by atoms with Crippen molar-refractivity contribution in [1.29, 1.82) is 0 Å². The lowest BCUT2D eigenvalue weighted by atomic mass is 10.2. The summed E-state index contributed by atoms with van der Waals surface area (Å²) in [7, 11) is 2.98. The molecule has 0 N–H and O–H groups in total. The first-order valence-electron chi connectivity index (χ1n) is 4.51. The van der Waals surface area contributed by atoms with Crippen molar-refractivity contribution in [3.05, 3.63) is 27.5 Å². The molecule has 1 heterocycles. The van der Waals surface area contributed by atoms with Gasteiger partial charge in [0.2, 0.25) is 0 Å². The van der Waals surface area contributed by atoms with Gasteiger partial charge in [-0.25, -0.2) is 4.79 Å². The molecule has 3 nitrogen and oxygen atoms in total. The van der Waals surface area contributed by atoms with E-state index in [1.165, 1.54) is 18.4 Å². The van der Waals surface area contributed by atoms with Crippen LogP contribution in [0.15, 0.2) is 22.7 Å². The molecule has 1 aromatic carbocycles. The van der Waals surface area contributed by atoms with E-state index >= 15 is 0 Å². The number of fused-ring (bicyclic) bond motifs is 1. The molecule has 0 spiro atoms. The van der Waals surface area contributed by atoms with Crippen LogP contribution in [0, 0.1) is 0 Å². The highest BCUT2D eigenvalue weighted by atomic mass is 79.9. The minimum Gasteiger partial charge on any atom is -0.494 e. The van der Waals surface area contributed by atoms with Crippen molar-refractivity contribution < 1.29 is 14.3 Å². The number of halogens is 1. The van der Waals surface area contributed by atoms with Crippen LogP contribution in [0.3, 0.4) is 0 Å². The van der Waals surface area contributed by atoms with Crippen LogP contribution in [0.25, 0.3) is 10.1 Å². The molecule has 0 saturated heterocycles. The molecule has 1 aromatic heterocycles. The lowest BCUT2D eigenvalue weighted by molar-refractivity contribution is 0.0606. The molecule has 0 aliphatic rings. The standard InChI is InChI=1S/C11H9BrO3S/c1-14-9-7(12)4-3-6-5-8(11(13)15-2)16-10(6)9/h3-5H,1-2H3. The Morgan fingerprint density at radius 1 is 1.38 bits per heavy atom. The summed E-state index contributed by atoms with van der Waals surface area (Å²) < 4.78 is 11.8. The molecule has 0 atom stereocenters. The van der Waals surface area contributed by atoms with Gasteiger partial charge in [-0.15, -0.1) is 11.3 Å². The molecule has 0 amide bonds. The fraction of sp³-hybridized carbons (Fsp3) is 0.182. The summed E-state index contributed by atoms with van der Waals surface area (Å²) in [6.07, 6.45) is 0. The van der Waals surface area contributed by atoms with Crippen molar-refractivity contribution in [2.75, 3.05) is 14.2 Å². The van der Waals surface area contributed by atoms with E-state index in [0.717, 1.165) is 20.3 Å². The number of rotatable bonds is 2. The Kier molecular flexibility index (Phi) is 3.16. The molecular weight excluding hydrogens is 292 g/mol. The maximum Gasteiger partial charge on any atom is 0.348 e. The van der Waals surface area contributed by atoms with Gasteiger partial charge >= 0.3 is 5.97 Å². The minimum absolute atomic E-state index is 0.320. The number of ether oxygens (including phenoxy) is 2. The molecule has 0 aliphatic heterocycles.